The van der Waals surface area contributed by atoms with Gasteiger partial charge in [0.15, 0.2) is 11.5 Å². The minimum atomic E-state index is -1.33. The summed E-state index contributed by atoms with van der Waals surface area (Å²) in [6.07, 6.45) is 3.13. The van der Waals surface area contributed by atoms with E-state index in [9.17, 15) is 4.55 Å². The van der Waals surface area contributed by atoms with E-state index < -0.39 is 17.0 Å². The predicted octanol–water partition coefficient (Wildman–Crippen LogP) is 3.42. The summed E-state index contributed by atoms with van der Waals surface area (Å²) in [5.74, 6) is 0.472. The largest absolute Gasteiger partial charge is 0.609 e. The average Bonchev–Trinajstić information content (AvgIpc) is 3.39. The summed E-state index contributed by atoms with van der Waals surface area (Å²) in [5.41, 5.74) is 4.42. The van der Waals surface area contributed by atoms with Crippen LogP contribution in [-0.2, 0) is 26.4 Å². The number of imidazole rings is 1. The number of rotatable bonds is 8. The average molecular weight is 453 g/mol. The second-order valence-corrected chi connectivity index (χ2v) is 8.81. The van der Waals surface area contributed by atoms with Gasteiger partial charge in [0.25, 0.3) is 0 Å². The topological polar surface area (TPSA) is 92.3 Å². The molecule has 2 aromatic heterocycles. The normalized spacial score (nSPS) is 16.3. The molecule has 1 atom stereocenters. The van der Waals surface area contributed by atoms with E-state index in [1.54, 1.807) is 6.20 Å². The number of aromatic amines is 1. The van der Waals surface area contributed by atoms with Crippen LogP contribution in [0.1, 0.15) is 36.6 Å². The maximum Gasteiger partial charge on any atom is 0.322 e. The fraction of sp³-hybridized carbons (Fsp3) is 0.455. The van der Waals surface area contributed by atoms with Crippen LogP contribution in [0.15, 0.2) is 35.6 Å². The van der Waals surface area contributed by atoms with E-state index in [1.165, 1.54) is 0 Å². The molecule has 7 nitrogen and oxygen atoms in total. The number of aromatic nitrogens is 3. The van der Waals surface area contributed by atoms with Crippen molar-refractivity contribution in [1.29, 1.82) is 0 Å². The molecule has 31 heavy (non-hydrogen) atoms. The van der Waals surface area contributed by atoms with E-state index in [4.69, 9.17) is 14.2 Å². The third-order valence-corrected chi connectivity index (χ3v) is 6.69. The molecular formula is C22H27N3NaO4S. The summed E-state index contributed by atoms with van der Waals surface area (Å²) in [5, 5.41) is 0.465. The van der Waals surface area contributed by atoms with Gasteiger partial charge in [-0.2, -0.15) is 4.98 Å². The summed E-state index contributed by atoms with van der Waals surface area (Å²) in [6, 6.07) is 7.72. The minimum Gasteiger partial charge on any atom is -0.609 e. The number of benzene rings is 1. The van der Waals surface area contributed by atoms with Crippen molar-refractivity contribution >= 4 is 51.8 Å². The van der Waals surface area contributed by atoms with Crippen LogP contribution in [0.3, 0.4) is 0 Å². The van der Waals surface area contributed by atoms with Gasteiger partial charge in [-0.25, -0.2) is 0 Å². The van der Waals surface area contributed by atoms with Gasteiger partial charge in [-0.1, -0.05) is 19.1 Å². The van der Waals surface area contributed by atoms with Crippen LogP contribution >= 0.6 is 0 Å². The molecule has 161 valence electrons. The molecule has 0 aliphatic carbocycles. The Balaban J connectivity index is 0.00000272. The number of hydrogen-bond acceptors (Lipinski definition) is 6. The first-order valence-electron chi connectivity index (χ1n) is 10.2. The Hall–Kier alpha value is -1.13. The number of para-hydroxylation sites is 1. The van der Waals surface area contributed by atoms with E-state index >= 15 is 0 Å². The third-order valence-electron chi connectivity index (χ3n) is 5.53. The van der Waals surface area contributed by atoms with Crippen molar-refractivity contribution in [2.45, 2.75) is 50.3 Å². The van der Waals surface area contributed by atoms with Gasteiger partial charge in [0.2, 0.25) is 0 Å². The molecule has 0 spiro atoms. The summed E-state index contributed by atoms with van der Waals surface area (Å²) in [4.78, 5) is 12.1. The second kappa shape index (κ2) is 10.7. The number of hydrogen-bond donors (Lipinski definition) is 1. The molecule has 1 aliphatic heterocycles. The fourth-order valence-electron chi connectivity index (χ4n) is 3.65. The summed E-state index contributed by atoms with van der Waals surface area (Å²) >= 11 is -1.33. The number of aryl methyl sites for hydroxylation is 1. The first-order chi connectivity index (χ1) is 14.5. The molecule has 1 fully saturated rings. The van der Waals surface area contributed by atoms with E-state index in [1.807, 2.05) is 38.1 Å². The van der Waals surface area contributed by atoms with Gasteiger partial charge < -0.3 is 18.8 Å². The van der Waals surface area contributed by atoms with Gasteiger partial charge in [0.1, 0.15) is 5.75 Å². The molecule has 0 saturated carbocycles. The smallest absolute Gasteiger partial charge is 0.322 e. The van der Waals surface area contributed by atoms with E-state index in [0.717, 1.165) is 40.0 Å². The molecule has 9 heteroatoms. The van der Waals surface area contributed by atoms with Gasteiger partial charge in [-0.15, -0.1) is 0 Å². The molecule has 1 N–H and O–H groups in total. The SMILES string of the molecule is CCC1(CCOc2ccnc(C[S+]([O-])c3nc4c(C)cccc4[nH]3)c2C)OCCO1.[Na]. The summed E-state index contributed by atoms with van der Waals surface area (Å²) < 4.78 is 30.4. The molecule has 1 saturated heterocycles. The van der Waals surface area contributed by atoms with Crippen molar-refractivity contribution in [2.75, 3.05) is 19.8 Å². The van der Waals surface area contributed by atoms with Gasteiger partial charge in [0, 0.05) is 58.9 Å². The van der Waals surface area contributed by atoms with Crippen molar-refractivity contribution in [1.82, 2.24) is 15.0 Å². The Labute approximate surface area is 207 Å². The van der Waals surface area contributed by atoms with Crippen LogP contribution in [0, 0.1) is 13.8 Å². The van der Waals surface area contributed by atoms with Crippen molar-refractivity contribution in [2.24, 2.45) is 0 Å². The minimum absolute atomic E-state index is 0. The van der Waals surface area contributed by atoms with Gasteiger partial charge in [-0.05, 0) is 38.0 Å². The quantitative estimate of drug-likeness (QED) is 0.416. The fourth-order valence-corrected chi connectivity index (χ4v) is 4.75. The molecule has 3 aromatic rings. The Morgan fingerprint density at radius 3 is 2.71 bits per heavy atom. The number of fused-ring (bicyclic) bond motifs is 1. The van der Waals surface area contributed by atoms with Crippen LogP contribution in [0.2, 0.25) is 0 Å². The molecule has 0 amide bonds. The zero-order valence-corrected chi connectivity index (χ0v) is 21.4. The first kappa shape index (κ1) is 24.5. The molecule has 0 bridgehead atoms. The number of H-pyrrole nitrogens is 1. The van der Waals surface area contributed by atoms with Crippen molar-refractivity contribution < 1.29 is 18.8 Å². The van der Waals surface area contributed by atoms with Gasteiger partial charge in [0.05, 0.1) is 36.5 Å². The van der Waals surface area contributed by atoms with Crippen LogP contribution < -0.4 is 4.74 Å². The van der Waals surface area contributed by atoms with Crippen molar-refractivity contribution in [3.63, 3.8) is 0 Å². The third kappa shape index (κ3) is 5.45. The number of nitrogens with one attached hydrogen (secondary N) is 1. The Bertz CT molecular complexity index is 1020. The number of nitrogens with zero attached hydrogens (tertiary/aromatic N) is 2. The standard InChI is InChI=1S/C22H27N3O4S.Na/c1-4-22(28-12-13-29-22)9-11-27-19-8-10-23-18(16(19)3)14-30(26)21-24-17-7-5-6-15(2)20(17)25-21;/h5-8,10H,4,9,11-14H2,1-3H3,(H,24,25);. The Kier molecular flexibility index (Phi) is 8.43. The monoisotopic (exact) mass is 452 g/mol. The predicted molar refractivity (Wildman–Crippen MR) is 121 cm³/mol. The zero-order valence-electron chi connectivity index (χ0n) is 18.6. The molecule has 1 aromatic carbocycles. The molecule has 4 rings (SSSR count). The molecule has 1 radical (unpaired) electrons. The summed E-state index contributed by atoms with van der Waals surface area (Å²) in [6.45, 7) is 7.71. The molecular weight excluding hydrogens is 425 g/mol. The van der Waals surface area contributed by atoms with E-state index in [-0.39, 0.29) is 35.3 Å². The van der Waals surface area contributed by atoms with Crippen LogP contribution in [0.4, 0.5) is 0 Å². The number of ether oxygens (including phenoxy) is 3. The zero-order chi connectivity index (χ0) is 21.1. The maximum absolute atomic E-state index is 12.9. The Morgan fingerprint density at radius 2 is 2.00 bits per heavy atom. The molecule has 3 heterocycles. The molecule has 1 aliphatic rings. The Morgan fingerprint density at radius 1 is 1.23 bits per heavy atom. The number of pyridine rings is 1. The van der Waals surface area contributed by atoms with Gasteiger partial charge >= 0.3 is 5.16 Å². The second-order valence-electron chi connectivity index (χ2n) is 7.44. The molecule has 1 unspecified atom stereocenters. The van der Waals surface area contributed by atoms with Crippen LogP contribution in [-0.4, -0.2) is 74.7 Å². The van der Waals surface area contributed by atoms with Crippen molar-refractivity contribution in [3.8, 4) is 5.75 Å². The first-order valence-corrected chi connectivity index (χ1v) is 11.5. The van der Waals surface area contributed by atoms with E-state index in [2.05, 4.69) is 21.9 Å². The van der Waals surface area contributed by atoms with Crippen LogP contribution in [0.5, 0.6) is 5.75 Å². The van der Waals surface area contributed by atoms with Gasteiger partial charge in [-0.3, -0.25) is 9.97 Å². The van der Waals surface area contributed by atoms with E-state index in [0.29, 0.717) is 31.4 Å². The van der Waals surface area contributed by atoms with Crippen LogP contribution in [0.25, 0.3) is 11.0 Å². The summed E-state index contributed by atoms with van der Waals surface area (Å²) in [7, 11) is 0. The van der Waals surface area contributed by atoms with Crippen molar-refractivity contribution in [3.05, 3.63) is 47.3 Å². The maximum atomic E-state index is 12.9.